The molecule has 2 N–H and O–H groups in total. The van der Waals surface area contributed by atoms with E-state index in [1.807, 2.05) is 6.92 Å². The fourth-order valence-corrected chi connectivity index (χ4v) is 6.16. The normalized spacial score (nSPS) is 25.6. The number of aryl methyl sites for hydroxylation is 1. The van der Waals surface area contributed by atoms with Gasteiger partial charge in [-0.05, 0) is 75.6 Å². The van der Waals surface area contributed by atoms with Crippen molar-refractivity contribution in [2.45, 2.75) is 62.2 Å². The van der Waals surface area contributed by atoms with Crippen molar-refractivity contribution in [1.82, 2.24) is 0 Å². The number of rotatable bonds is 4. The van der Waals surface area contributed by atoms with Crippen LogP contribution in [0.25, 0.3) is 0 Å². The minimum absolute atomic E-state index is 0.129. The summed E-state index contributed by atoms with van der Waals surface area (Å²) >= 11 is 13.5. The molecule has 1 fully saturated rings. The number of benzene rings is 2. The van der Waals surface area contributed by atoms with Gasteiger partial charge in [-0.25, -0.2) is 4.79 Å². The average Bonchev–Trinajstić information content (AvgIpc) is 2.93. The van der Waals surface area contributed by atoms with Crippen molar-refractivity contribution in [2.24, 2.45) is 0 Å². The van der Waals surface area contributed by atoms with Gasteiger partial charge in [-0.3, -0.25) is 4.79 Å². The zero-order valence-corrected chi connectivity index (χ0v) is 20.9. The van der Waals surface area contributed by atoms with E-state index in [2.05, 4.69) is 0 Å². The van der Waals surface area contributed by atoms with Crippen molar-refractivity contribution in [3.63, 3.8) is 0 Å². The third-order valence-electron chi connectivity index (χ3n) is 5.46. The first-order valence-corrected chi connectivity index (χ1v) is 11.7. The average molecular weight is 497 g/mol. The first-order valence-electron chi connectivity index (χ1n) is 10.1. The molecule has 0 saturated carbocycles. The first kappa shape index (κ1) is 24.9. The zero-order valence-electron chi connectivity index (χ0n) is 18.5. The van der Waals surface area contributed by atoms with E-state index in [-0.39, 0.29) is 6.42 Å². The summed E-state index contributed by atoms with van der Waals surface area (Å²) in [6.07, 6.45) is 0.129. The van der Waals surface area contributed by atoms with Gasteiger partial charge in [-0.1, -0.05) is 35.3 Å². The van der Waals surface area contributed by atoms with Gasteiger partial charge in [0.1, 0.15) is 16.5 Å². The maximum Gasteiger partial charge on any atom is 0.338 e. The molecule has 1 saturated heterocycles. The minimum atomic E-state index is -1.67. The van der Waals surface area contributed by atoms with E-state index in [1.165, 1.54) is 0 Å². The summed E-state index contributed by atoms with van der Waals surface area (Å²) in [5.41, 5.74) is -0.176. The summed E-state index contributed by atoms with van der Waals surface area (Å²) in [5.74, 6) is -1.59. The molecule has 3 rings (SSSR count). The lowest BCUT2D eigenvalue weighted by Gasteiger charge is -2.29. The van der Waals surface area contributed by atoms with Gasteiger partial charge in [0.25, 0.3) is 0 Å². The second-order valence-corrected chi connectivity index (χ2v) is 11.8. The number of carboxylic acid groups (broad SMARTS) is 1. The molecule has 5 nitrogen and oxygen atoms in total. The highest BCUT2D eigenvalue weighted by molar-refractivity contribution is 8.01. The number of carbonyl (C=O) groups is 2. The van der Waals surface area contributed by atoms with E-state index in [1.54, 1.807) is 64.1 Å². The number of carboxylic acids is 1. The molecule has 0 aromatic heterocycles. The molecular weight excluding hydrogens is 471 g/mol. The molecule has 0 amide bonds. The number of thioether (sulfide) groups is 1. The minimum Gasteiger partial charge on any atom is -0.480 e. The maximum atomic E-state index is 12.5. The SMILES string of the molecule is Cc1cc(C2(O)CC(C)(c3cc(Cl)cc(Cl)c3)SC2C(=O)O)ccc1C(=O)OC(C)(C)C. The Kier molecular flexibility index (Phi) is 6.66. The van der Waals surface area contributed by atoms with Crippen LogP contribution in [-0.4, -0.2) is 33.0 Å². The number of ether oxygens (including phenoxy) is 1. The summed E-state index contributed by atoms with van der Waals surface area (Å²) in [6.45, 7) is 8.96. The Balaban J connectivity index is 2.02. The second kappa shape index (κ2) is 8.56. The van der Waals surface area contributed by atoms with Crippen LogP contribution in [0.4, 0.5) is 0 Å². The van der Waals surface area contributed by atoms with E-state index in [0.29, 0.717) is 26.7 Å². The fraction of sp³-hybridized carbons (Fsp3) is 0.417. The molecule has 172 valence electrons. The maximum absolute atomic E-state index is 12.5. The van der Waals surface area contributed by atoms with Gasteiger partial charge in [-0.15, -0.1) is 11.8 Å². The van der Waals surface area contributed by atoms with Gasteiger partial charge in [0.15, 0.2) is 0 Å². The van der Waals surface area contributed by atoms with Gasteiger partial charge in [0, 0.05) is 21.2 Å². The van der Waals surface area contributed by atoms with Crippen LogP contribution in [-0.2, 0) is 19.9 Å². The number of halogens is 2. The number of esters is 1. The Morgan fingerprint density at radius 1 is 1.09 bits per heavy atom. The molecule has 0 bridgehead atoms. The topological polar surface area (TPSA) is 83.8 Å². The van der Waals surface area contributed by atoms with Crippen LogP contribution in [0.2, 0.25) is 10.0 Å². The molecule has 2 aromatic rings. The fourth-order valence-electron chi connectivity index (χ4n) is 4.04. The van der Waals surface area contributed by atoms with Crippen LogP contribution in [0.15, 0.2) is 36.4 Å². The number of hydrogen-bond acceptors (Lipinski definition) is 5. The lowest BCUT2D eigenvalue weighted by Crippen LogP contribution is -2.39. The van der Waals surface area contributed by atoms with E-state index in [4.69, 9.17) is 27.9 Å². The third-order valence-corrected chi connectivity index (χ3v) is 7.63. The number of carbonyl (C=O) groups excluding carboxylic acids is 1. The summed E-state index contributed by atoms with van der Waals surface area (Å²) in [6, 6.07) is 9.91. The molecule has 8 heteroatoms. The van der Waals surface area contributed by atoms with Crippen LogP contribution in [0.1, 0.15) is 61.2 Å². The highest BCUT2D eigenvalue weighted by atomic mass is 35.5. The van der Waals surface area contributed by atoms with Gasteiger partial charge in [-0.2, -0.15) is 0 Å². The molecule has 1 aliphatic rings. The van der Waals surface area contributed by atoms with Crippen molar-refractivity contribution >= 4 is 46.9 Å². The Morgan fingerprint density at radius 2 is 1.69 bits per heavy atom. The molecule has 3 unspecified atom stereocenters. The molecule has 1 aliphatic heterocycles. The first-order chi connectivity index (χ1) is 14.6. The van der Waals surface area contributed by atoms with E-state index < -0.39 is 33.1 Å². The predicted molar refractivity (Wildman–Crippen MR) is 128 cm³/mol. The van der Waals surface area contributed by atoms with Crippen LogP contribution in [0.3, 0.4) is 0 Å². The van der Waals surface area contributed by atoms with Crippen molar-refractivity contribution in [2.75, 3.05) is 0 Å². The molecule has 0 spiro atoms. The van der Waals surface area contributed by atoms with Crippen molar-refractivity contribution in [3.8, 4) is 0 Å². The van der Waals surface area contributed by atoms with Crippen LogP contribution >= 0.6 is 35.0 Å². The summed E-state index contributed by atoms with van der Waals surface area (Å²) in [4.78, 5) is 24.7. The standard InChI is InChI=1S/C24H26Cl2O5S/c1-13-8-14(6-7-18(13)21(29)31-22(2,3)4)24(30)12-23(5,32-19(24)20(27)28)15-9-16(25)11-17(26)10-15/h6-11,19,30H,12H2,1-5H3,(H,27,28). The van der Waals surface area contributed by atoms with E-state index >= 15 is 0 Å². The quantitative estimate of drug-likeness (QED) is 0.508. The molecule has 3 atom stereocenters. The Hall–Kier alpha value is -1.73. The van der Waals surface area contributed by atoms with Crippen molar-refractivity contribution in [3.05, 3.63) is 68.7 Å². The van der Waals surface area contributed by atoms with Crippen molar-refractivity contribution in [1.29, 1.82) is 0 Å². The Bertz CT molecular complexity index is 1060. The molecular formula is C24H26Cl2O5S. The molecule has 32 heavy (non-hydrogen) atoms. The monoisotopic (exact) mass is 496 g/mol. The number of aliphatic hydroxyl groups is 1. The van der Waals surface area contributed by atoms with Crippen LogP contribution < -0.4 is 0 Å². The van der Waals surface area contributed by atoms with Crippen LogP contribution in [0.5, 0.6) is 0 Å². The molecule has 1 heterocycles. The van der Waals surface area contributed by atoms with Crippen molar-refractivity contribution < 1.29 is 24.5 Å². The van der Waals surface area contributed by atoms with E-state index in [9.17, 15) is 19.8 Å². The highest BCUT2D eigenvalue weighted by Gasteiger charge is 2.57. The largest absolute Gasteiger partial charge is 0.480 e. The van der Waals surface area contributed by atoms with E-state index in [0.717, 1.165) is 17.3 Å². The summed E-state index contributed by atoms with van der Waals surface area (Å²) < 4.78 is 4.70. The highest BCUT2D eigenvalue weighted by Crippen LogP contribution is 2.59. The Morgan fingerprint density at radius 3 is 2.19 bits per heavy atom. The van der Waals surface area contributed by atoms with Gasteiger partial charge < -0.3 is 14.9 Å². The van der Waals surface area contributed by atoms with Crippen LogP contribution in [0, 0.1) is 6.92 Å². The molecule has 2 aromatic carbocycles. The molecule has 0 aliphatic carbocycles. The summed E-state index contributed by atoms with van der Waals surface area (Å²) in [7, 11) is 0. The third kappa shape index (κ3) is 4.93. The zero-order chi connectivity index (χ0) is 24.1. The lowest BCUT2D eigenvalue weighted by molar-refractivity contribution is -0.141. The van der Waals surface area contributed by atoms with Gasteiger partial charge in [0.2, 0.25) is 0 Å². The van der Waals surface area contributed by atoms with Gasteiger partial charge >= 0.3 is 11.9 Å². The lowest BCUT2D eigenvalue weighted by atomic mass is 9.79. The second-order valence-electron chi connectivity index (χ2n) is 9.36. The number of aliphatic carboxylic acids is 1. The summed E-state index contributed by atoms with van der Waals surface area (Å²) in [5, 5.41) is 21.4. The molecule has 0 radical (unpaired) electrons. The Labute approximate surface area is 202 Å². The smallest absolute Gasteiger partial charge is 0.338 e. The number of hydrogen-bond donors (Lipinski definition) is 2. The van der Waals surface area contributed by atoms with Gasteiger partial charge in [0.05, 0.1) is 5.56 Å². The predicted octanol–water partition coefficient (Wildman–Crippen LogP) is 5.95.